The smallest absolute Gasteiger partial charge is 0.205 e. The average Bonchev–Trinajstić information content (AvgIpc) is 2.79. The molecule has 0 aliphatic rings. The molecule has 0 amide bonds. The molecule has 0 atom stereocenters. The molecule has 0 spiro atoms. The predicted octanol–water partition coefficient (Wildman–Crippen LogP) is 2.83. The Labute approximate surface area is 107 Å². The van der Waals surface area contributed by atoms with Crippen molar-refractivity contribution >= 4 is 16.5 Å². The minimum Gasteiger partial charge on any atom is -0.483 e. The van der Waals surface area contributed by atoms with Gasteiger partial charge in [-0.25, -0.2) is 4.39 Å². The summed E-state index contributed by atoms with van der Waals surface area (Å²) in [5, 5.41) is 12.0. The van der Waals surface area contributed by atoms with Crippen molar-refractivity contribution in [1.29, 1.82) is 0 Å². The van der Waals surface area contributed by atoms with Crippen molar-refractivity contribution in [2.45, 2.75) is 13.5 Å². The average molecular weight is 271 g/mol. The zero-order chi connectivity index (χ0) is 13.0. The molecule has 1 N–H and O–H groups in total. The molecule has 0 radical (unpaired) electrons. The number of rotatable bonds is 5. The van der Waals surface area contributed by atoms with E-state index in [0.717, 1.165) is 12.6 Å². The number of halogens is 2. The molecule has 0 fully saturated rings. The molecule has 0 unspecified atom stereocenters. The van der Waals surface area contributed by atoms with Crippen LogP contribution in [0.2, 0.25) is 0 Å². The van der Waals surface area contributed by atoms with E-state index >= 15 is 0 Å². The third-order valence-corrected chi connectivity index (χ3v) is 2.92. The van der Waals surface area contributed by atoms with Gasteiger partial charge in [0, 0.05) is 6.54 Å². The summed E-state index contributed by atoms with van der Waals surface area (Å²) in [6, 6.07) is 3.79. The molecule has 1 heterocycles. The Morgan fingerprint density at radius 1 is 1.33 bits per heavy atom. The third-order valence-electron chi connectivity index (χ3n) is 2.06. The molecule has 0 aliphatic heterocycles. The zero-order valence-electron chi connectivity index (χ0n) is 9.61. The second-order valence-corrected chi connectivity index (χ2v) is 4.43. The minimum atomic E-state index is -0.992. The summed E-state index contributed by atoms with van der Waals surface area (Å²) in [7, 11) is 0. The Hall–Kier alpha value is -1.76. The van der Waals surface area contributed by atoms with E-state index in [1.165, 1.54) is 23.5 Å². The van der Waals surface area contributed by atoms with E-state index < -0.39 is 11.6 Å². The summed E-state index contributed by atoms with van der Waals surface area (Å²) in [5.74, 6) is -2.05. The fraction of sp³-hybridized carbons (Fsp3) is 0.273. The number of nitrogens with zero attached hydrogens (tertiary/aromatic N) is 2. The monoisotopic (exact) mass is 271 g/mol. The van der Waals surface area contributed by atoms with Crippen LogP contribution in [0.5, 0.6) is 5.75 Å². The number of hydrogen-bond donors (Lipinski definition) is 1. The van der Waals surface area contributed by atoms with Crippen LogP contribution < -0.4 is 10.1 Å². The molecule has 18 heavy (non-hydrogen) atoms. The van der Waals surface area contributed by atoms with Crippen molar-refractivity contribution in [1.82, 2.24) is 10.2 Å². The van der Waals surface area contributed by atoms with E-state index in [0.29, 0.717) is 10.1 Å². The van der Waals surface area contributed by atoms with Gasteiger partial charge >= 0.3 is 0 Å². The van der Waals surface area contributed by atoms with Crippen molar-refractivity contribution in [3.8, 4) is 5.75 Å². The minimum absolute atomic E-state index is 0.0590. The van der Waals surface area contributed by atoms with E-state index in [9.17, 15) is 8.78 Å². The molecule has 0 aliphatic carbocycles. The van der Waals surface area contributed by atoms with Gasteiger partial charge in [0.1, 0.15) is 6.61 Å². The topological polar surface area (TPSA) is 47.0 Å². The van der Waals surface area contributed by atoms with Crippen molar-refractivity contribution in [2.75, 3.05) is 11.9 Å². The first-order valence-electron chi connectivity index (χ1n) is 5.33. The van der Waals surface area contributed by atoms with E-state index in [1.807, 2.05) is 6.92 Å². The van der Waals surface area contributed by atoms with Gasteiger partial charge in [0.15, 0.2) is 16.6 Å². The van der Waals surface area contributed by atoms with Crippen LogP contribution in [0, 0.1) is 11.6 Å². The number of ether oxygens (including phenoxy) is 1. The van der Waals surface area contributed by atoms with E-state index in [-0.39, 0.29) is 12.4 Å². The quantitative estimate of drug-likeness (QED) is 0.908. The first-order valence-corrected chi connectivity index (χ1v) is 6.15. The SMILES string of the molecule is CCNc1nnc(COc2cccc(F)c2F)s1. The Morgan fingerprint density at radius 2 is 2.17 bits per heavy atom. The van der Waals surface area contributed by atoms with Crippen LogP contribution in [0.4, 0.5) is 13.9 Å². The van der Waals surface area contributed by atoms with Crippen LogP contribution >= 0.6 is 11.3 Å². The Morgan fingerprint density at radius 3 is 2.94 bits per heavy atom. The highest BCUT2D eigenvalue weighted by atomic mass is 32.1. The van der Waals surface area contributed by atoms with E-state index in [2.05, 4.69) is 15.5 Å². The van der Waals surface area contributed by atoms with Crippen LogP contribution in [-0.2, 0) is 6.61 Å². The number of benzene rings is 1. The van der Waals surface area contributed by atoms with Gasteiger partial charge in [0.05, 0.1) is 0 Å². The fourth-order valence-corrected chi connectivity index (χ4v) is 1.99. The lowest BCUT2D eigenvalue weighted by atomic mass is 10.3. The predicted molar refractivity (Wildman–Crippen MR) is 64.8 cm³/mol. The normalized spacial score (nSPS) is 10.4. The summed E-state index contributed by atoms with van der Waals surface area (Å²) < 4.78 is 31.4. The summed E-state index contributed by atoms with van der Waals surface area (Å²) in [6.07, 6.45) is 0. The van der Waals surface area contributed by atoms with Gasteiger partial charge < -0.3 is 10.1 Å². The molecule has 0 saturated heterocycles. The molecule has 1 aromatic heterocycles. The maximum absolute atomic E-state index is 13.3. The Kier molecular flexibility index (Phi) is 4.03. The molecule has 0 bridgehead atoms. The standard InChI is InChI=1S/C11H11F2N3OS/c1-2-14-11-16-15-9(18-11)6-17-8-5-3-4-7(12)10(8)13/h3-5H,2,6H2,1H3,(H,14,16). The molecule has 2 aromatic rings. The lowest BCUT2D eigenvalue weighted by Crippen LogP contribution is -1.98. The van der Waals surface area contributed by atoms with Gasteiger partial charge in [-0.15, -0.1) is 10.2 Å². The van der Waals surface area contributed by atoms with Crippen LogP contribution in [0.15, 0.2) is 18.2 Å². The van der Waals surface area contributed by atoms with Crippen LogP contribution in [-0.4, -0.2) is 16.7 Å². The second kappa shape index (κ2) is 5.72. The molecule has 4 nitrogen and oxygen atoms in total. The van der Waals surface area contributed by atoms with Gasteiger partial charge in [-0.3, -0.25) is 0 Å². The first-order chi connectivity index (χ1) is 8.70. The van der Waals surface area contributed by atoms with Crippen LogP contribution in [0.1, 0.15) is 11.9 Å². The first kappa shape index (κ1) is 12.7. The number of hydrogen-bond acceptors (Lipinski definition) is 5. The van der Waals surface area contributed by atoms with Crippen molar-refractivity contribution in [3.05, 3.63) is 34.8 Å². The highest BCUT2D eigenvalue weighted by molar-refractivity contribution is 7.15. The van der Waals surface area contributed by atoms with E-state index in [4.69, 9.17) is 4.74 Å². The lowest BCUT2D eigenvalue weighted by molar-refractivity contribution is 0.283. The number of aromatic nitrogens is 2. The van der Waals surface area contributed by atoms with Crippen LogP contribution in [0.25, 0.3) is 0 Å². The fourth-order valence-electron chi connectivity index (χ4n) is 1.27. The van der Waals surface area contributed by atoms with Gasteiger partial charge in [-0.05, 0) is 19.1 Å². The largest absolute Gasteiger partial charge is 0.483 e. The lowest BCUT2D eigenvalue weighted by Gasteiger charge is -2.04. The molecule has 0 saturated carbocycles. The summed E-state index contributed by atoms with van der Waals surface area (Å²) in [5.41, 5.74) is 0. The molecular weight excluding hydrogens is 260 g/mol. The van der Waals surface area contributed by atoms with Crippen molar-refractivity contribution < 1.29 is 13.5 Å². The highest BCUT2D eigenvalue weighted by Crippen LogP contribution is 2.22. The highest BCUT2D eigenvalue weighted by Gasteiger charge is 2.10. The van der Waals surface area contributed by atoms with E-state index in [1.54, 1.807) is 0 Å². The maximum atomic E-state index is 13.3. The number of anilines is 1. The van der Waals surface area contributed by atoms with Gasteiger partial charge in [0.2, 0.25) is 10.9 Å². The maximum Gasteiger partial charge on any atom is 0.205 e. The van der Waals surface area contributed by atoms with Crippen LogP contribution in [0.3, 0.4) is 0 Å². The van der Waals surface area contributed by atoms with Gasteiger partial charge in [0.25, 0.3) is 0 Å². The Balaban J connectivity index is 2.00. The molecular formula is C11H11F2N3OS. The summed E-state index contributed by atoms with van der Waals surface area (Å²) in [4.78, 5) is 0. The van der Waals surface area contributed by atoms with Gasteiger partial charge in [-0.1, -0.05) is 17.4 Å². The van der Waals surface area contributed by atoms with Crippen molar-refractivity contribution in [3.63, 3.8) is 0 Å². The van der Waals surface area contributed by atoms with Crippen molar-refractivity contribution in [2.24, 2.45) is 0 Å². The third kappa shape index (κ3) is 2.92. The molecule has 96 valence electrons. The molecule has 2 rings (SSSR count). The summed E-state index contributed by atoms with van der Waals surface area (Å²) in [6.45, 7) is 2.75. The zero-order valence-corrected chi connectivity index (χ0v) is 10.4. The van der Waals surface area contributed by atoms with Gasteiger partial charge in [-0.2, -0.15) is 4.39 Å². The Bertz CT molecular complexity index is 533. The number of nitrogens with one attached hydrogen (secondary N) is 1. The molecule has 1 aromatic carbocycles. The molecule has 7 heteroatoms. The summed E-state index contributed by atoms with van der Waals surface area (Å²) >= 11 is 1.31. The second-order valence-electron chi connectivity index (χ2n) is 3.37.